The molecular weight excluding hydrogens is 851 g/mol. The average Bonchev–Trinajstić information content (AvgIpc) is 3.80. The minimum Gasteiger partial charge on any atom is -0.493 e. The van der Waals surface area contributed by atoms with Crippen LogP contribution in [0, 0.1) is 6.92 Å². The maximum absolute atomic E-state index is 14.1. The first-order chi connectivity index (χ1) is 32.0. The van der Waals surface area contributed by atoms with Gasteiger partial charge in [-0.05, 0) is 104 Å². The Hall–Kier alpha value is -6.02. The molecule has 13 heteroatoms. The molecule has 5 aromatic carbocycles. The predicted molar refractivity (Wildman–Crippen MR) is 265 cm³/mol. The quantitative estimate of drug-likeness (QED) is 0.0656. The van der Waals surface area contributed by atoms with Crippen molar-refractivity contribution >= 4 is 59.1 Å². The summed E-state index contributed by atoms with van der Waals surface area (Å²) in [6.45, 7) is 12.9. The minimum atomic E-state index is -0.321. The van der Waals surface area contributed by atoms with E-state index in [0.29, 0.717) is 85.8 Å². The lowest BCUT2D eigenvalue weighted by Gasteiger charge is -2.32. The van der Waals surface area contributed by atoms with Crippen LogP contribution in [0.3, 0.4) is 0 Å². The molecule has 0 aliphatic carbocycles. The van der Waals surface area contributed by atoms with Gasteiger partial charge in [0.25, 0.3) is 11.8 Å². The SMILES string of the molecule is CCCOCCOCCN(CC(C)(C)S)c1cc(COc2cc3c(cc2C)C(=O)N2c4ccccc4C[C@H]2C=N3)cc(COc2cc3c(cc2OC)C(=O)N2c4ccccc4C[C@H]2CN3)c1. The van der Waals surface area contributed by atoms with Gasteiger partial charge in [-0.15, -0.1) is 0 Å². The topological polar surface area (TPSA) is 114 Å². The monoisotopic (exact) mass is 909 g/mol. The van der Waals surface area contributed by atoms with E-state index in [2.05, 4.69) is 61.3 Å². The molecule has 66 heavy (non-hydrogen) atoms. The summed E-state index contributed by atoms with van der Waals surface area (Å²) in [6.07, 6.45) is 4.37. The van der Waals surface area contributed by atoms with Gasteiger partial charge < -0.3 is 38.8 Å². The predicted octanol–water partition coefficient (Wildman–Crippen LogP) is 9.40. The molecule has 0 saturated heterocycles. The average molecular weight is 910 g/mol. The largest absolute Gasteiger partial charge is 0.493 e. The van der Waals surface area contributed by atoms with Crippen LogP contribution in [0.25, 0.3) is 0 Å². The molecular formula is C53H59N5O7S. The summed E-state index contributed by atoms with van der Waals surface area (Å²) in [4.78, 5) is 39.1. The summed E-state index contributed by atoms with van der Waals surface area (Å²) in [5.41, 5.74) is 10.3. The van der Waals surface area contributed by atoms with E-state index in [9.17, 15) is 9.59 Å². The van der Waals surface area contributed by atoms with Crippen molar-refractivity contribution in [1.29, 1.82) is 0 Å². The number of hydrogen-bond acceptors (Lipinski definition) is 11. The van der Waals surface area contributed by atoms with Crippen molar-refractivity contribution in [3.05, 3.63) is 130 Å². The lowest BCUT2D eigenvalue weighted by molar-refractivity contribution is 0.0505. The van der Waals surface area contributed by atoms with Gasteiger partial charge in [0.1, 0.15) is 19.0 Å². The molecule has 9 rings (SSSR count). The summed E-state index contributed by atoms with van der Waals surface area (Å²) < 4.78 is 30.4. The van der Waals surface area contributed by atoms with Crippen LogP contribution in [0.4, 0.5) is 28.4 Å². The van der Waals surface area contributed by atoms with E-state index in [-0.39, 0.29) is 41.9 Å². The summed E-state index contributed by atoms with van der Waals surface area (Å²) in [6, 6.07) is 29.8. The molecule has 0 bridgehead atoms. The Kier molecular flexibility index (Phi) is 13.3. The van der Waals surface area contributed by atoms with Gasteiger partial charge in [-0.25, -0.2) is 0 Å². The summed E-state index contributed by atoms with van der Waals surface area (Å²) in [7, 11) is 1.59. The summed E-state index contributed by atoms with van der Waals surface area (Å²) >= 11 is 4.95. The fourth-order valence-electron chi connectivity index (χ4n) is 9.43. The second kappa shape index (κ2) is 19.4. The highest BCUT2D eigenvalue weighted by Crippen LogP contribution is 2.42. The van der Waals surface area contributed by atoms with E-state index < -0.39 is 0 Å². The highest BCUT2D eigenvalue weighted by Gasteiger charge is 2.38. The van der Waals surface area contributed by atoms with Crippen molar-refractivity contribution in [2.45, 2.75) is 77.0 Å². The van der Waals surface area contributed by atoms with Gasteiger partial charge in [0.2, 0.25) is 0 Å². The van der Waals surface area contributed by atoms with Gasteiger partial charge in [0.15, 0.2) is 11.5 Å². The molecule has 2 atom stereocenters. The van der Waals surface area contributed by atoms with Crippen molar-refractivity contribution in [3.63, 3.8) is 0 Å². The molecule has 0 aromatic heterocycles. The zero-order chi connectivity index (χ0) is 46.0. The maximum atomic E-state index is 14.1. The smallest absolute Gasteiger partial charge is 0.261 e. The molecule has 0 unspecified atom stereocenters. The molecule has 1 N–H and O–H groups in total. The lowest BCUT2D eigenvalue weighted by atomic mass is 10.1. The number of nitrogens with zero attached hydrogens (tertiary/aromatic N) is 4. The van der Waals surface area contributed by atoms with Crippen LogP contribution in [0.15, 0.2) is 96.0 Å². The van der Waals surface area contributed by atoms with Crippen molar-refractivity contribution < 1.29 is 33.3 Å². The molecule has 2 amide bonds. The number of rotatable bonds is 18. The number of amides is 2. The van der Waals surface area contributed by atoms with E-state index in [1.165, 1.54) is 5.56 Å². The lowest BCUT2D eigenvalue weighted by Crippen LogP contribution is -2.39. The normalized spacial score (nSPS) is 16.9. The van der Waals surface area contributed by atoms with Crippen molar-refractivity contribution in [2.24, 2.45) is 4.99 Å². The number of hydrogen-bond donors (Lipinski definition) is 2. The zero-order valence-electron chi connectivity index (χ0n) is 38.5. The summed E-state index contributed by atoms with van der Waals surface area (Å²) in [5, 5.41) is 3.54. The van der Waals surface area contributed by atoms with Crippen molar-refractivity contribution in [3.8, 4) is 17.2 Å². The van der Waals surface area contributed by atoms with Gasteiger partial charge in [0.05, 0.1) is 61.5 Å². The number of aliphatic imine (C=N–C) groups is 1. The van der Waals surface area contributed by atoms with E-state index >= 15 is 0 Å². The number of anilines is 4. The molecule has 0 fully saturated rings. The number of ether oxygens (including phenoxy) is 5. The number of benzene rings is 5. The third-order valence-electron chi connectivity index (χ3n) is 12.5. The second-order valence-electron chi connectivity index (χ2n) is 18.1. The Bertz CT molecular complexity index is 2650. The Labute approximate surface area is 393 Å². The van der Waals surface area contributed by atoms with E-state index in [4.69, 9.17) is 41.3 Å². The molecule has 4 aliphatic rings. The van der Waals surface area contributed by atoms with Crippen molar-refractivity contribution in [1.82, 2.24) is 0 Å². The number of carbonyl (C=O) groups is 2. The number of carbonyl (C=O) groups excluding carboxylic acids is 2. The Morgan fingerprint density at radius 3 is 2.15 bits per heavy atom. The number of aryl methyl sites for hydroxylation is 1. The molecule has 0 spiro atoms. The number of para-hydroxylation sites is 2. The molecule has 12 nitrogen and oxygen atoms in total. The first-order valence-corrected chi connectivity index (χ1v) is 23.4. The van der Waals surface area contributed by atoms with Gasteiger partial charge in [-0.3, -0.25) is 19.5 Å². The van der Waals surface area contributed by atoms with Crippen LogP contribution in [-0.4, -0.2) is 88.0 Å². The van der Waals surface area contributed by atoms with Crippen LogP contribution < -0.4 is 34.2 Å². The molecule has 5 aromatic rings. The number of thiol groups is 1. The standard InChI is InChI=1S/C53H59N5O7S/c1-6-16-62-18-19-63-17-15-56(33-53(3,4)66)39-22-35(31-64-48-27-44-42(20-34(48)2)51(59)57-40(29-54-44)24-37-11-7-9-13-46(37)57)21-36(23-39)32-65-50-28-45-43(26-49(50)61-5)52(60)58-41(30-55-45)25-38-12-8-10-14-47(38)58/h7-14,20-23,26-29,40-41,55,66H,6,15-19,24-25,30-33H2,1-5H3/t40-,41-/m0/s1. The Morgan fingerprint density at radius 2 is 1.44 bits per heavy atom. The molecule has 344 valence electrons. The van der Waals surface area contributed by atoms with Gasteiger partial charge in [-0.1, -0.05) is 43.3 Å². The van der Waals surface area contributed by atoms with Crippen molar-refractivity contribution in [2.75, 3.05) is 73.2 Å². The first-order valence-electron chi connectivity index (χ1n) is 23.0. The van der Waals surface area contributed by atoms with Crippen LogP contribution >= 0.6 is 12.6 Å². The van der Waals surface area contributed by atoms with Crippen LogP contribution in [0.5, 0.6) is 17.2 Å². The second-order valence-corrected chi connectivity index (χ2v) is 19.3. The fraction of sp³-hybridized carbons (Fsp3) is 0.377. The van der Waals surface area contributed by atoms with Gasteiger partial charge in [-0.2, -0.15) is 12.6 Å². The highest BCUT2D eigenvalue weighted by atomic mass is 32.1. The van der Waals surface area contributed by atoms with Crippen LogP contribution in [0.1, 0.15) is 75.7 Å². The minimum absolute atomic E-state index is 0.00620. The van der Waals surface area contributed by atoms with E-state index in [1.54, 1.807) is 13.2 Å². The molecule has 4 heterocycles. The van der Waals surface area contributed by atoms with Crippen LogP contribution in [0.2, 0.25) is 0 Å². The fourth-order valence-corrected chi connectivity index (χ4v) is 9.60. The molecule has 4 aliphatic heterocycles. The summed E-state index contributed by atoms with van der Waals surface area (Å²) in [5.74, 6) is 1.52. The third-order valence-corrected chi connectivity index (χ3v) is 12.6. The van der Waals surface area contributed by atoms with E-state index in [1.807, 2.05) is 77.5 Å². The molecule has 0 radical (unpaired) electrons. The third kappa shape index (κ3) is 9.61. The zero-order valence-corrected chi connectivity index (χ0v) is 39.4. The van der Waals surface area contributed by atoms with Crippen LogP contribution in [-0.2, 0) is 35.5 Å². The number of nitrogens with one attached hydrogen (secondary N) is 1. The van der Waals surface area contributed by atoms with Gasteiger partial charge in [0, 0.05) is 72.8 Å². The Balaban J connectivity index is 0.982. The maximum Gasteiger partial charge on any atom is 0.261 e. The highest BCUT2D eigenvalue weighted by molar-refractivity contribution is 7.81. The Morgan fingerprint density at radius 1 is 0.773 bits per heavy atom. The van der Waals surface area contributed by atoms with E-state index in [0.717, 1.165) is 58.6 Å². The molecule has 0 saturated carbocycles. The number of fused-ring (bicyclic) bond motifs is 8. The number of methoxy groups -OCH3 is 1. The first kappa shape index (κ1) is 45.1. The van der Waals surface area contributed by atoms with Gasteiger partial charge >= 0.3 is 0 Å².